The van der Waals surface area contributed by atoms with Gasteiger partial charge < -0.3 is 14.8 Å². The molecule has 0 fully saturated rings. The second-order valence-corrected chi connectivity index (χ2v) is 4.74. The monoisotopic (exact) mass is 284 g/mol. The summed E-state index contributed by atoms with van der Waals surface area (Å²) in [4.78, 5) is 0. The normalized spacial score (nSPS) is 10.1. The van der Waals surface area contributed by atoms with Gasteiger partial charge in [0.05, 0.1) is 19.2 Å². The average Bonchev–Trinajstić information content (AvgIpc) is 2.54. The third-order valence-corrected chi connectivity index (χ3v) is 3.20. The van der Waals surface area contributed by atoms with Crippen LogP contribution in [0.1, 0.15) is 11.1 Å². The van der Waals surface area contributed by atoms with Gasteiger partial charge in [0.1, 0.15) is 13.2 Å². The predicted octanol–water partition coefficient (Wildman–Crippen LogP) is 2.52. The summed E-state index contributed by atoms with van der Waals surface area (Å²) in [6, 6.07) is 16.1. The van der Waals surface area contributed by atoms with Gasteiger partial charge in [0, 0.05) is 0 Å². The van der Waals surface area contributed by atoms with Crippen LogP contribution < -0.4 is 14.8 Å². The van der Waals surface area contributed by atoms with E-state index in [1.807, 2.05) is 36.4 Å². The van der Waals surface area contributed by atoms with Gasteiger partial charge in [-0.2, -0.15) is 0 Å². The molecule has 2 rings (SSSR count). The van der Waals surface area contributed by atoms with Crippen LogP contribution in [-0.2, 0) is 13.2 Å². The maximum Gasteiger partial charge on any atom is 0.170 e. The van der Waals surface area contributed by atoms with Gasteiger partial charge in [-0.3, -0.25) is 0 Å². The molecule has 0 aliphatic heterocycles. The molecule has 3 heteroatoms. The Labute approximate surface area is 126 Å². The maximum atomic E-state index is 6.01. The molecule has 0 aliphatic rings. The lowest BCUT2D eigenvalue weighted by Crippen LogP contribution is -2.82. The standard InChI is InChI=1S/C18H21NO2/c1-3-12-19-13-16-10-7-11-17(20-2)18(16)21-14-15-8-5-4-6-9-15/h3-11,19H,1,12-14H2,2H3/p+1. The number of hydrogen-bond donors (Lipinski definition) is 1. The Kier molecular flexibility index (Phi) is 5.85. The number of hydrogen-bond acceptors (Lipinski definition) is 2. The van der Waals surface area contributed by atoms with Crippen LogP contribution >= 0.6 is 0 Å². The van der Waals surface area contributed by atoms with Crippen molar-refractivity contribution in [3.63, 3.8) is 0 Å². The Morgan fingerprint density at radius 3 is 2.62 bits per heavy atom. The third kappa shape index (κ3) is 4.36. The first-order chi connectivity index (χ1) is 10.3. The zero-order chi connectivity index (χ0) is 14.9. The van der Waals surface area contributed by atoms with E-state index in [-0.39, 0.29) is 0 Å². The Balaban J connectivity index is 2.12. The van der Waals surface area contributed by atoms with E-state index in [0.29, 0.717) is 6.61 Å². The number of ether oxygens (including phenoxy) is 2. The lowest BCUT2D eigenvalue weighted by molar-refractivity contribution is -0.662. The summed E-state index contributed by atoms with van der Waals surface area (Å²) in [7, 11) is 1.67. The molecule has 0 aliphatic carbocycles. The molecular weight excluding hydrogens is 262 g/mol. The Morgan fingerprint density at radius 2 is 1.90 bits per heavy atom. The second-order valence-electron chi connectivity index (χ2n) is 4.74. The van der Waals surface area contributed by atoms with E-state index in [0.717, 1.165) is 35.7 Å². The molecule has 21 heavy (non-hydrogen) atoms. The zero-order valence-electron chi connectivity index (χ0n) is 12.4. The molecule has 0 amide bonds. The van der Waals surface area contributed by atoms with Crippen LogP contribution in [0, 0.1) is 0 Å². The fourth-order valence-corrected chi connectivity index (χ4v) is 2.13. The highest BCUT2D eigenvalue weighted by atomic mass is 16.5. The topological polar surface area (TPSA) is 35.1 Å². The van der Waals surface area contributed by atoms with Gasteiger partial charge in [-0.05, 0) is 23.8 Å². The first-order valence-electron chi connectivity index (χ1n) is 7.10. The van der Waals surface area contributed by atoms with Gasteiger partial charge in [-0.25, -0.2) is 0 Å². The van der Waals surface area contributed by atoms with E-state index in [9.17, 15) is 0 Å². The van der Waals surface area contributed by atoms with Crippen LogP contribution in [0.4, 0.5) is 0 Å². The highest BCUT2D eigenvalue weighted by Crippen LogP contribution is 2.31. The van der Waals surface area contributed by atoms with Crippen molar-refractivity contribution in [1.82, 2.24) is 0 Å². The molecule has 2 aromatic carbocycles. The minimum Gasteiger partial charge on any atom is -0.493 e. The van der Waals surface area contributed by atoms with Crippen molar-refractivity contribution < 1.29 is 14.8 Å². The number of rotatable bonds is 8. The molecule has 2 aromatic rings. The van der Waals surface area contributed by atoms with Crippen LogP contribution in [0.5, 0.6) is 11.5 Å². The van der Waals surface area contributed by atoms with E-state index in [1.165, 1.54) is 0 Å². The van der Waals surface area contributed by atoms with Crippen molar-refractivity contribution in [2.24, 2.45) is 0 Å². The van der Waals surface area contributed by atoms with Gasteiger partial charge >= 0.3 is 0 Å². The molecule has 0 atom stereocenters. The lowest BCUT2D eigenvalue weighted by Gasteiger charge is -2.14. The second kappa shape index (κ2) is 8.12. The van der Waals surface area contributed by atoms with Crippen molar-refractivity contribution in [3.8, 4) is 11.5 Å². The Hall–Kier alpha value is -2.26. The van der Waals surface area contributed by atoms with Gasteiger partial charge in [-0.15, -0.1) is 0 Å². The van der Waals surface area contributed by atoms with Crippen molar-refractivity contribution in [2.45, 2.75) is 13.2 Å². The molecule has 0 unspecified atom stereocenters. The van der Waals surface area contributed by atoms with Crippen LogP contribution in [0.25, 0.3) is 0 Å². The fourth-order valence-electron chi connectivity index (χ4n) is 2.13. The average molecular weight is 284 g/mol. The SMILES string of the molecule is C=CC[NH2+]Cc1cccc(OC)c1OCc1ccccc1. The lowest BCUT2D eigenvalue weighted by atomic mass is 10.1. The summed E-state index contributed by atoms with van der Waals surface area (Å²) in [5.41, 5.74) is 2.27. The third-order valence-electron chi connectivity index (χ3n) is 3.20. The quantitative estimate of drug-likeness (QED) is 0.597. The molecule has 2 N–H and O–H groups in total. The van der Waals surface area contributed by atoms with E-state index < -0.39 is 0 Å². The van der Waals surface area contributed by atoms with Crippen LogP contribution in [0.2, 0.25) is 0 Å². The molecule has 110 valence electrons. The van der Waals surface area contributed by atoms with Crippen LogP contribution in [-0.4, -0.2) is 13.7 Å². The smallest absolute Gasteiger partial charge is 0.170 e. The summed E-state index contributed by atoms with van der Waals surface area (Å²) >= 11 is 0. The number of methoxy groups -OCH3 is 1. The largest absolute Gasteiger partial charge is 0.493 e. The summed E-state index contributed by atoms with van der Waals surface area (Å²) in [6.45, 7) is 6.00. The predicted molar refractivity (Wildman–Crippen MR) is 84.5 cm³/mol. The molecule has 0 aromatic heterocycles. The maximum absolute atomic E-state index is 6.01. The number of para-hydroxylation sites is 1. The van der Waals surface area contributed by atoms with Crippen LogP contribution in [0.3, 0.4) is 0 Å². The summed E-state index contributed by atoms with van der Waals surface area (Å²) in [5.74, 6) is 1.60. The number of quaternary nitrogens is 1. The first-order valence-corrected chi connectivity index (χ1v) is 7.10. The summed E-state index contributed by atoms with van der Waals surface area (Å²) in [5, 5.41) is 2.18. The zero-order valence-corrected chi connectivity index (χ0v) is 12.4. The molecule has 3 nitrogen and oxygen atoms in total. The summed E-state index contributed by atoms with van der Waals surface area (Å²) in [6.07, 6.45) is 1.89. The van der Waals surface area contributed by atoms with Crippen LogP contribution in [0.15, 0.2) is 61.2 Å². The van der Waals surface area contributed by atoms with E-state index in [4.69, 9.17) is 9.47 Å². The van der Waals surface area contributed by atoms with Gasteiger partial charge in [0.15, 0.2) is 11.5 Å². The van der Waals surface area contributed by atoms with E-state index in [1.54, 1.807) is 7.11 Å². The van der Waals surface area contributed by atoms with Gasteiger partial charge in [0.25, 0.3) is 0 Å². The van der Waals surface area contributed by atoms with Gasteiger partial charge in [0.2, 0.25) is 0 Å². The summed E-state index contributed by atoms with van der Waals surface area (Å²) < 4.78 is 11.4. The minimum absolute atomic E-state index is 0.537. The molecular formula is C18H22NO2+. The number of benzene rings is 2. The van der Waals surface area contributed by atoms with Crippen molar-refractivity contribution >= 4 is 0 Å². The van der Waals surface area contributed by atoms with Crippen molar-refractivity contribution in [2.75, 3.05) is 13.7 Å². The number of nitrogens with two attached hydrogens (primary N) is 1. The highest BCUT2D eigenvalue weighted by Gasteiger charge is 2.11. The highest BCUT2D eigenvalue weighted by molar-refractivity contribution is 5.46. The molecule has 0 bridgehead atoms. The first kappa shape index (κ1) is 15.1. The Bertz CT molecular complexity index is 567. The van der Waals surface area contributed by atoms with E-state index >= 15 is 0 Å². The van der Waals surface area contributed by atoms with Gasteiger partial charge in [-0.1, -0.05) is 43.0 Å². The Morgan fingerprint density at radius 1 is 1.10 bits per heavy atom. The minimum atomic E-state index is 0.537. The van der Waals surface area contributed by atoms with E-state index in [2.05, 4.69) is 30.1 Å². The molecule has 0 spiro atoms. The molecule has 0 heterocycles. The fraction of sp³-hybridized carbons (Fsp3) is 0.222. The molecule has 0 saturated carbocycles. The van der Waals surface area contributed by atoms with Crippen molar-refractivity contribution in [1.29, 1.82) is 0 Å². The molecule has 0 radical (unpaired) electrons. The molecule has 0 saturated heterocycles. The van der Waals surface area contributed by atoms with Crippen molar-refractivity contribution in [3.05, 3.63) is 72.3 Å².